The van der Waals surface area contributed by atoms with Gasteiger partial charge in [-0.15, -0.1) is 0 Å². The molecule has 4 bridgehead atoms. The minimum Gasteiger partial charge on any atom is -0.345 e. The summed E-state index contributed by atoms with van der Waals surface area (Å²) >= 11 is 0. The van der Waals surface area contributed by atoms with Crippen LogP contribution in [0.3, 0.4) is 0 Å². The standard InChI is InChI=1S/C14H20O2/c1-9-7-15-14(16-8-9)12-3-10-2-11(5-12)6-13(14)4-10/h10-13H,1-8H2. The molecule has 0 aromatic heterocycles. The molecule has 1 heterocycles. The average molecular weight is 220 g/mol. The van der Waals surface area contributed by atoms with Gasteiger partial charge in [0, 0.05) is 11.8 Å². The highest BCUT2D eigenvalue weighted by molar-refractivity contribution is 5.08. The fraction of sp³-hybridized carbons (Fsp3) is 0.857. The molecule has 0 aromatic rings. The minimum atomic E-state index is -0.200. The smallest absolute Gasteiger partial charge is 0.174 e. The van der Waals surface area contributed by atoms with Gasteiger partial charge in [0.25, 0.3) is 0 Å². The van der Waals surface area contributed by atoms with E-state index in [0.717, 1.165) is 30.6 Å². The van der Waals surface area contributed by atoms with Crippen molar-refractivity contribution in [3.8, 4) is 0 Å². The van der Waals surface area contributed by atoms with Crippen LogP contribution in [0.15, 0.2) is 12.2 Å². The van der Waals surface area contributed by atoms with Gasteiger partial charge in [-0.3, -0.25) is 0 Å². The first-order chi connectivity index (χ1) is 7.76. The van der Waals surface area contributed by atoms with Crippen molar-refractivity contribution in [2.24, 2.45) is 23.7 Å². The van der Waals surface area contributed by atoms with E-state index in [2.05, 4.69) is 6.58 Å². The van der Waals surface area contributed by atoms with Gasteiger partial charge in [-0.05, 0) is 49.5 Å². The summed E-state index contributed by atoms with van der Waals surface area (Å²) in [6.07, 6.45) is 6.87. The highest BCUT2D eigenvalue weighted by atomic mass is 16.7. The molecule has 5 fully saturated rings. The largest absolute Gasteiger partial charge is 0.345 e. The van der Waals surface area contributed by atoms with Crippen LogP contribution in [0, 0.1) is 23.7 Å². The molecular formula is C14H20O2. The van der Waals surface area contributed by atoms with Crippen molar-refractivity contribution >= 4 is 0 Å². The van der Waals surface area contributed by atoms with Crippen molar-refractivity contribution in [1.82, 2.24) is 0 Å². The van der Waals surface area contributed by atoms with Crippen LogP contribution in [0.5, 0.6) is 0 Å². The summed E-state index contributed by atoms with van der Waals surface area (Å²) in [7, 11) is 0. The summed E-state index contributed by atoms with van der Waals surface area (Å²) in [6, 6.07) is 0. The summed E-state index contributed by atoms with van der Waals surface area (Å²) in [5.74, 6) is 3.11. The number of rotatable bonds is 0. The quantitative estimate of drug-likeness (QED) is 0.584. The van der Waals surface area contributed by atoms with Crippen LogP contribution in [0.25, 0.3) is 0 Å². The molecule has 0 unspecified atom stereocenters. The van der Waals surface area contributed by atoms with Crippen molar-refractivity contribution < 1.29 is 9.47 Å². The molecule has 1 spiro atoms. The monoisotopic (exact) mass is 220 g/mol. The van der Waals surface area contributed by atoms with E-state index in [4.69, 9.17) is 9.47 Å². The second kappa shape index (κ2) is 3.11. The van der Waals surface area contributed by atoms with Gasteiger partial charge in [-0.25, -0.2) is 0 Å². The van der Waals surface area contributed by atoms with E-state index < -0.39 is 0 Å². The molecule has 4 aliphatic carbocycles. The molecule has 0 radical (unpaired) electrons. The van der Waals surface area contributed by atoms with Crippen LogP contribution in [-0.4, -0.2) is 19.0 Å². The molecule has 88 valence electrons. The van der Waals surface area contributed by atoms with Gasteiger partial charge < -0.3 is 9.47 Å². The van der Waals surface area contributed by atoms with E-state index in [1.165, 1.54) is 32.1 Å². The molecule has 0 amide bonds. The van der Waals surface area contributed by atoms with Crippen molar-refractivity contribution in [3.05, 3.63) is 12.2 Å². The minimum absolute atomic E-state index is 0.200. The molecule has 5 rings (SSSR count). The number of hydrogen-bond acceptors (Lipinski definition) is 2. The second-order valence-electron chi connectivity index (χ2n) is 6.35. The van der Waals surface area contributed by atoms with Gasteiger partial charge >= 0.3 is 0 Å². The van der Waals surface area contributed by atoms with Crippen LogP contribution in [0.1, 0.15) is 32.1 Å². The summed E-state index contributed by atoms with van der Waals surface area (Å²) in [5, 5.41) is 0. The van der Waals surface area contributed by atoms with Crippen LogP contribution < -0.4 is 0 Å². The number of hydrogen-bond donors (Lipinski definition) is 0. The van der Waals surface area contributed by atoms with Crippen molar-refractivity contribution in [2.45, 2.75) is 37.9 Å². The molecule has 0 atom stereocenters. The molecule has 0 aromatic carbocycles. The lowest BCUT2D eigenvalue weighted by Crippen LogP contribution is -2.62. The Labute approximate surface area is 97.0 Å². The second-order valence-corrected chi connectivity index (χ2v) is 6.35. The Kier molecular flexibility index (Phi) is 1.88. The average Bonchev–Trinajstić information content (AvgIpc) is 2.27. The number of ether oxygens (including phenoxy) is 2. The molecule has 4 saturated carbocycles. The topological polar surface area (TPSA) is 18.5 Å². The lowest BCUT2D eigenvalue weighted by atomic mass is 9.53. The summed E-state index contributed by atoms with van der Waals surface area (Å²) in [6.45, 7) is 5.41. The SMILES string of the molecule is C=C1COC2(OC1)C1CC3CC(C1)CC2C3. The van der Waals surface area contributed by atoms with E-state index in [0.29, 0.717) is 11.8 Å². The zero-order valence-electron chi connectivity index (χ0n) is 9.78. The molecule has 5 aliphatic rings. The molecule has 2 nitrogen and oxygen atoms in total. The highest BCUT2D eigenvalue weighted by Gasteiger charge is 2.59. The summed E-state index contributed by atoms with van der Waals surface area (Å²) in [5.41, 5.74) is 1.10. The Bertz CT molecular complexity index is 294. The molecule has 0 N–H and O–H groups in total. The first kappa shape index (κ1) is 9.67. The van der Waals surface area contributed by atoms with Gasteiger partial charge in [-0.2, -0.15) is 0 Å². The van der Waals surface area contributed by atoms with Crippen LogP contribution in [-0.2, 0) is 9.47 Å². The Morgan fingerprint density at radius 1 is 0.875 bits per heavy atom. The highest BCUT2D eigenvalue weighted by Crippen LogP contribution is 2.60. The molecule has 1 aliphatic heterocycles. The Morgan fingerprint density at radius 3 is 1.88 bits per heavy atom. The summed E-state index contributed by atoms with van der Waals surface area (Å²) < 4.78 is 12.3. The van der Waals surface area contributed by atoms with Gasteiger partial charge in [0.15, 0.2) is 5.79 Å². The fourth-order valence-electron chi connectivity index (χ4n) is 4.83. The van der Waals surface area contributed by atoms with E-state index >= 15 is 0 Å². The third-order valence-electron chi connectivity index (χ3n) is 5.28. The van der Waals surface area contributed by atoms with E-state index in [1.54, 1.807) is 0 Å². The first-order valence-corrected chi connectivity index (χ1v) is 6.71. The zero-order chi connectivity index (χ0) is 10.8. The maximum absolute atomic E-state index is 6.13. The Morgan fingerprint density at radius 2 is 1.38 bits per heavy atom. The van der Waals surface area contributed by atoms with Gasteiger partial charge in [0.2, 0.25) is 0 Å². The lowest BCUT2D eigenvalue weighted by molar-refractivity contribution is -0.346. The predicted molar refractivity (Wildman–Crippen MR) is 60.8 cm³/mol. The van der Waals surface area contributed by atoms with Crippen molar-refractivity contribution in [1.29, 1.82) is 0 Å². The van der Waals surface area contributed by atoms with E-state index in [-0.39, 0.29) is 5.79 Å². The van der Waals surface area contributed by atoms with Gasteiger partial charge in [0.1, 0.15) is 0 Å². The molecule has 16 heavy (non-hydrogen) atoms. The van der Waals surface area contributed by atoms with Crippen LogP contribution in [0.4, 0.5) is 0 Å². The van der Waals surface area contributed by atoms with Crippen molar-refractivity contribution in [3.63, 3.8) is 0 Å². The predicted octanol–water partition coefficient (Wildman–Crippen LogP) is 2.74. The molecule has 1 saturated heterocycles. The van der Waals surface area contributed by atoms with Crippen LogP contribution in [0.2, 0.25) is 0 Å². The third kappa shape index (κ3) is 1.15. The zero-order valence-corrected chi connectivity index (χ0v) is 9.78. The molecular weight excluding hydrogens is 200 g/mol. The van der Waals surface area contributed by atoms with E-state index in [1.807, 2.05) is 0 Å². The lowest BCUT2D eigenvalue weighted by Gasteiger charge is -2.61. The van der Waals surface area contributed by atoms with Gasteiger partial charge in [-0.1, -0.05) is 6.58 Å². The maximum atomic E-state index is 6.13. The van der Waals surface area contributed by atoms with Crippen LogP contribution >= 0.6 is 0 Å². The third-order valence-corrected chi connectivity index (χ3v) is 5.28. The van der Waals surface area contributed by atoms with Gasteiger partial charge in [0.05, 0.1) is 13.2 Å². The van der Waals surface area contributed by atoms with Crippen molar-refractivity contribution in [2.75, 3.05) is 13.2 Å². The van der Waals surface area contributed by atoms with E-state index in [9.17, 15) is 0 Å². The normalized spacial score (nSPS) is 48.9. The fourth-order valence-corrected chi connectivity index (χ4v) is 4.83. The molecule has 2 heteroatoms. The Balaban J connectivity index is 1.66. The summed E-state index contributed by atoms with van der Waals surface area (Å²) in [4.78, 5) is 0. The maximum Gasteiger partial charge on any atom is 0.174 e. The Hall–Kier alpha value is -0.340. The first-order valence-electron chi connectivity index (χ1n) is 6.71.